The second-order valence-corrected chi connectivity index (χ2v) is 8.50. The van der Waals surface area contributed by atoms with Crippen LogP contribution in [0.25, 0.3) is 0 Å². The summed E-state index contributed by atoms with van der Waals surface area (Å²) in [4.78, 5) is 27.4. The van der Waals surface area contributed by atoms with Crippen molar-refractivity contribution in [3.63, 3.8) is 0 Å². The third kappa shape index (κ3) is 5.10. The molecule has 1 aliphatic rings. The normalized spacial score (nSPS) is 19.0. The summed E-state index contributed by atoms with van der Waals surface area (Å²) in [5.41, 5.74) is 3.26. The van der Waals surface area contributed by atoms with Crippen LogP contribution in [0, 0.1) is 19.3 Å². The van der Waals surface area contributed by atoms with E-state index in [0.29, 0.717) is 30.3 Å². The van der Waals surface area contributed by atoms with Crippen molar-refractivity contribution in [2.45, 2.75) is 40.2 Å². The minimum absolute atomic E-state index is 0.0170. The Bertz CT molecular complexity index is 915. The molecule has 0 spiro atoms. The van der Waals surface area contributed by atoms with Gasteiger partial charge in [0.05, 0.1) is 5.41 Å². The molecule has 6 heteroatoms. The fourth-order valence-corrected chi connectivity index (χ4v) is 3.85. The number of anilines is 1. The van der Waals surface area contributed by atoms with E-state index >= 15 is 0 Å². The van der Waals surface area contributed by atoms with Crippen molar-refractivity contribution in [1.82, 2.24) is 10.2 Å². The van der Waals surface area contributed by atoms with Crippen LogP contribution in [0.15, 0.2) is 42.5 Å². The molecule has 0 aromatic heterocycles. The summed E-state index contributed by atoms with van der Waals surface area (Å²) < 4.78 is 0. The summed E-state index contributed by atoms with van der Waals surface area (Å²) in [5.74, 6) is -0.0170. The topological polar surface area (TPSA) is 61.4 Å². The maximum atomic E-state index is 12.9. The molecule has 1 atom stereocenters. The van der Waals surface area contributed by atoms with E-state index in [2.05, 4.69) is 10.6 Å². The third-order valence-corrected chi connectivity index (χ3v) is 6.06. The van der Waals surface area contributed by atoms with Crippen LogP contribution < -0.4 is 10.6 Å². The van der Waals surface area contributed by atoms with Gasteiger partial charge in [-0.05, 0) is 62.4 Å². The van der Waals surface area contributed by atoms with Crippen molar-refractivity contribution in [2.24, 2.45) is 5.41 Å². The molecule has 0 bridgehead atoms. The van der Waals surface area contributed by atoms with Gasteiger partial charge in [-0.15, -0.1) is 0 Å². The quantitative estimate of drug-likeness (QED) is 0.748. The first-order valence-corrected chi connectivity index (χ1v) is 10.3. The first-order chi connectivity index (χ1) is 13.8. The zero-order valence-electron chi connectivity index (χ0n) is 17.2. The van der Waals surface area contributed by atoms with Crippen LogP contribution in [0.3, 0.4) is 0 Å². The van der Waals surface area contributed by atoms with Crippen LogP contribution in [0.4, 0.5) is 10.5 Å². The molecular weight excluding hydrogens is 386 g/mol. The summed E-state index contributed by atoms with van der Waals surface area (Å²) in [6.45, 7) is 7.40. The van der Waals surface area contributed by atoms with E-state index in [0.717, 1.165) is 29.5 Å². The summed E-state index contributed by atoms with van der Waals surface area (Å²) >= 11 is 6.15. The van der Waals surface area contributed by atoms with Gasteiger partial charge < -0.3 is 15.5 Å². The number of carbonyl (C=O) groups is 2. The predicted octanol–water partition coefficient (Wildman–Crippen LogP) is 4.91. The molecule has 0 radical (unpaired) electrons. The number of nitrogens with one attached hydrogen (secondary N) is 2. The Kier molecular flexibility index (Phi) is 6.48. The van der Waals surface area contributed by atoms with Crippen LogP contribution in [0.1, 0.15) is 36.5 Å². The van der Waals surface area contributed by atoms with Gasteiger partial charge in [0.15, 0.2) is 0 Å². The number of benzene rings is 2. The molecule has 3 amide bonds. The van der Waals surface area contributed by atoms with Crippen LogP contribution in [0.2, 0.25) is 5.02 Å². The monoisotopic (exact) mass is 413 g/mol. The number of amides is 3. The number of halogens is 1. The van der Waals surface area contributed by atoms with Crippen molar-refractivity contribution in [1.29, 1.82) is 0 Å². The Morgan fingerprint density at radius 1 is 1.14 bits per heavy atom. The molecule has 29 heavy (non-hydrogen) atoms. The van der Waals surface area contributed by atoms with Crippen molar-refractivity contribution >= 4 is 29.2 Å². The maximum Gasteiger partial charge on any atom is 0.321 e. The molecule has 5 nitrogen and oxygen atoms in total. The fraction of sp³-hybridized carbons (Fsp3) is 0.391. The van der Waals surface area contributed by atoms with Gasteiger partial charge in [-0.3, -0.25) is 4.79 Å². The van der Waals surface area contributed by atoms with Gasteiger partial charge in [0, 0.05) is 30.3 Å². The number of aryl methyl sites for hydroxylation is 2. The molecular formula is C23H28ClN3O2. The lowest BCUT2D eigenvalue weighted by atomic mass is 9.81. The maximum absolute atomic E-state index is 12.9. The molecule has 1 aliphatic heterocycles. The zero-order chi connectivity index (χ0) is 21.0. The van der Waals surface area contributed by atoms with E-state index in [9.17, 15) is 9.59 Å². The van der Waals surface area contributed by atoms with E-state index in [-0.39, 0.29) is 11.9 Å². The van der Waals surface area contributed by atoms with E-state index in [1.807, 2.05) is 57.2 Å². The molecule has 1 heterocycles. The Morgan fingerprint density at radius 3 is 2.62 bits per heavy atom. The molecule has 2 N–H and O–H groups in total. The van der Waals surface area contributed by atoms with Crippen LogP contribution in [0.5, 0.6) is 0 Å². The third-order valence-electron chi connectivity index (χ3n) is 5.66. The Hall–Kier alpha value is -2.53. The average molecular weight is 414 g/mol. The van der Waals surface area contributed by atoms with E-state index in [1.165, 1.54) is 0 Å². The second-order valence-electron chi connectivity index (χ2n) is 8.09. The molecule has 1 saturated heterocycles. The van der Waals surface area contributed by atoms with Crippen molar-refractivity contribution < 1.29 is 9.59 Å². The molecule has 2 aromatic carbocycles. The zero-order valence-corrected chi connectivity index (χ0v) is 18.0. The molecule has 2 aromatic rings. The largest absolute Gasteiger partial charge is 0.351 e. The number of hydrogen-bond acceptors (Lipinski definition) is 2. The van der Waals surface area contributed by atoms with Gasteiger partial charge in [0.1, 0.15) is 0 Å². The van der Waals surface area contributed by atoms with Crippen molar-refractivity contribution in [2.75, 3.05) is 18.4 Å². The van der Waals surface area contributed by atoms with E-state index < -0.39 is 5.41 Å². The van der Waals surface area contributed by atoms with Crippen LogP contribution in [-0.2, 0) is 11.3 Å². The number of hydrogen-bond donors (Lipinski definition) is 2. The van der Waals surface area contributed by atoms with Crippen LogP contribution in [-0.4, -0.2) is 29.9 Å². The van der Waals surface area contributed by atoms with Gasteiger partial charge in [-0.2, -0.15) is 0 Å². The summed E-state index contributed by atoms with van der Waals surface area (Å²) in [7, 11) is 0. The highest BCUT2D eigenvalue weighted by atomic mass is 35.5. The summed E-state index contributed by atoms with van der Waals surface area (Å²) in [6.07, 6.45) is 1.54. The van der Waals surface area contributed by atoms with Gasteiger partial charge in [0.25, 0.3) is 0 Å². The number of carbonyl (C=O) groups excluding carboxylic acids is 2. The number of urea groups is 1. The Balaban J connectivity index is 1.61. The molecule has 1 fully saturated rings. The van der Waals surface area contributed by atoms with Crippen molar-refractivity contribution in [3.05, 3.63) is 64.2 Å². The van der Waals surface area contributed by atoms with Gasteiger partial charge in [-0.1, -0.05) is 41.9 Å². The van der Waals surface area contributed by atoms with Gasteiger partial charge in [0.2, 0.25) is 5.91 Å². The Morgan fingerprint density at radius 2 is 1.90 bits per heavy atom. The first kappa shape index (κ1) is 21.2. The molecule has 0 aliphatic carbocycles. The first-order valence-electron chi connectivity index (χ1n) is 9.93. The average Bonchev–Trinajstić information content (AvgIpc) is 2.70. The number of piperidine rings is 1. The van der Waals surface area contributed by atoms with E-state index in [4.69, 9.17) is 11.6 Å². The predicted molar refractivity (Wildman–Crippen MR) is 117 cm³/mol. The minimum Gasteiger partial charge on any atom is -0.351 e. The van der Waals surface area contributed by atoms with Crippen LogP contribution >= 0.6 is 11.6 Å². The number of nitrogens with zero attached hydrogens (tertiary/aromatic N) is 1. The van der Waals surface area contributed by atoms with E-state index in [1.54, 1.807) is 11.0 Å². The summed E-state index contributed by atoms with van der Waals surface area (Å²) in [6, 6.07) is 13.3. The lowest BCUT2D eigenvalue weighted by Crippen LogP contribution is -2.52. The summed E-state index contributed by atoms with van der Waals surface area (Å²) in [5, 5.41) is 6.56. The van der Waals surface area contributed by atoms with Gasteiger partial charge >= 0.3 is 6.03 Å². The lowest BCUT2D eigenvalue weighted by molar-refractivity contribution is -0.132. The lowest BCUT2D eigenvalue weighted by Gasteiger charge is -2.39. The highest BCUT2D eigenvalue weighted by molar-refractivity contribution is 6.31. The standard InChI is InChI=1S/C23H28ClN3O2/c1-16-7-4-5-8-18(16)14-25-21(28)23(3)11-6-12-27(15-23)22(29)26-19-10-9-17(2)20(24)13-19/h4-5,7-10,13H,6,11-12,14-15H2,1-3H3,(H,25,28)(H,26,29)/t23-/m0/s1. The molecule has 0 unspecified atom stereocenters. The van der Waals surface area contributed by atoms with Crippen molar-refractivity contribution in [3.8, 4) is 0 Å². The number of rotatable bonds is 4. The molecule has 0 saturated carbocycles. The number of likely N-dealkylation sites (tertiary alicyclic amines) is 1. The smallest absolute Gasteiger partial charge is 0.321 e. The Labute approximate surface area is 177 Å². The molecule has 3 rings (SSSR count). The fourth-order valence-electron chi connectivity index (χ4n) is 3.67. The second kappa shape index (κ2) is 8.87. The van der Waals surface area contributed by atoms with Gasteiger partial charge in [-0.25, -0.2) is 4.79 Å². The minimum atomic E-state index is -0.608. The SMILES string of the molecule is Cc1ccc(NC(=O)N2CCC[C@](C)(C(=O)NCc3ccccc3C)C2)cc1Cl. The highest BCUT2D eigenvalue weighted by Gasteiger charge is 2.39. The highest BCUT2D eigenvalue weighted by Crippen LogP contribution is 2.30. The molecule has 154 valence electrons.